The minimum absolute atomic E-state index is 0.0875. The summed E-state index contributed by atoms with van der Waals surface area (Å²) in [6, 6.07) is 14.7. The highest BCUT2D eigenvalue weighted by molar-refractivity contribution is 6.08. The Morgan fingerprint density at radius 3 is 2.61 bits per heavy atom. The van der Waals surface area contributed by atoms with E-state index in [4.69, 9.17) is 13.6 Å². The van der Waals surface area contributed by atoms with Crippen LogP contribution in [0.5, 0.6) is 5.75 Å². The third-order valence-corrected chi connectivity index (χ3v) is 4.82. The number of anilines is 1. The molecule has 0 radical (unpaired) electrons. The van der Waals surface area contributed by atoms with E-state index in [1.54, 1.807) is 26.4 Å². The highest BCUT2D eigenvalue weighted by atomic mass is 16.5. The lowest BCUT2D eigenvalue weighted by molar-refractivity contribution is -0.118. The van der Waals surface area contributed by atoms with Crippen molar-refractivity contribution in [3.8, 4) is 5.75 Å². The molecule has 0 unspecified atom stereocenters. The molecule has 144 valence electrons. The molecule has 6 heteroatoms. The molecule has 4 aromatic rings. The summed E-state index contributed by atoms with van der Waals surface area (Å²) in [5, 5.41) is 8.12. The quantitative estimate of drug-likeness (QED) is 0.501. The fraction of sp³-hybridized carbons (Fsp3) is 0.227. The van der Waals surface area contributed by atoms with Crippen LogP contribution in [0.2, 0.25) is 0 Å². The van der Waals surface area contributed by atoms with Gasteiger partial charge in [-0.2, -0.15) is 0 Å². The van der Waals surface area contributed by atoms with E-state index >= 15 is 0 Å². The van der Waals surface area contributed by atoms with E-state index in [2.05, 4.69) is 10.6 Å². The van der Waals surface area contributed by atoms with Crippen LogP contribution in [0.15, 0.2) is 63.6 Å². The summed E-state index contributed by atoms with van der Waals surface area (Å²) in [6.07, 6.45) is 1.62. The zero-order chi connectivity index (χ0) is 19.7. The van der Waals surface area contributed by atoms with E-state index in [1.807, 2.05) is 49.4 Å². The Labute approximate surface area is 162 Å². The normalized spacial score (nSPS) is 13.5. The van der Waals surface area contributed by atoms with Gasteiger partial charge in [-0.05, 0) is 38.1 Å². The Kier molecular flexibility index (Phi) is 4.79. The van der Waals surface area contributed by atoms with Crippen molar-refractivity contribution in [2.75, 3.05) is 12.4 Å². The third-order valence-electron chi connectivity index (χ3n) is 4.82. The van der Waals surface area contributed by atoms with Crippen LogP contribution in [0.3, 0.4) is 0 Å². The van der Waals surface area contributed by atoms with Gasteiger partial charge in [-0.1, -0.05) is 18.2 Å². The summed E-state index contributed by atoms with van der Waals surface area (Å²) in [7, 11) is 1.58. The summed E-state index contributed by atoms with van der Waals surface area (Å²) in [4.78, 5) is 12.7. The zero-order valence-electron chi connectivity index (χ0n) is 16.0. The van der Waals surface area contributed by atoms with Crippen molar-refractivity contribution in [1.82, 2.24) is 5.32 Å². The first-order chi connectivity index (χ1) is 13.6. The van der Waals surface area contributed by atoms with Crippen LogP contribution in [-0.2, 0) is 4.79 Å². The number of fused-ring (bicyclic) bond motifs is 3. The summed E-state index contributed by atoms with van der Waals surface area (Å²) in [5.74, 6) is 1.19. The maximum Gasteiger partial charge on any atom is 0.241 e. The summed E-state index contributed by atoms with van der Waals surface area (Å²) < 4.78 is 16.8. The number of hydrogen-bond donors (Lipinski definition) is 2. The van der Waals surface area contributed by atoms with Crippen LogP contribution in [0.4, 0.5) is 5.69 Å². The second kappa shape index (κ2) is 7.40. The Balaban J connectivity index is 1.57. The Bertz CT molecular complexity index is 1110. The van der Waals surface area contributed by atoms with Gasteiger partial charge in [0.1, 0.15) is 22.7 Å². The molecule has 2 N–H and O–H groups in total. The van der Waals surface area contributed by atoms with Gasteiger partial charge >= 0.3 is 0 Å². The van der Waals surface area contributed by atoms with Crippen molar-refractivity contribution < 1.29 is 18.4 Å². The van der Waals surface area contributed by atoms with Crippen molar-refractivity contribution in [3.05, 3.63) is 60.6 Å². The number of rotatable bonds is 6. The lowest BCUT2D eigenvalue weighted by Crippen LogP contribution is -2.39. The van der Waals surface area contributed by atoms with Crippen LogP contribution in [0, 0.1) is 0 Å². The van der Waals surface area contributed by atoms with Gasteiger partial charge in [0.25, 0.3) is 0 Å². The van der Waals surface area contributed by atoms with Gasteiger partial charge in [0.15, 0.2) is 0 Å². The van der Waals surface area contributed by atoms with Gasteiger partial charge < -0.3 is 18.9 Å². The van der Waals surface area contributed by atoms with E-state index in [0.717, 1.165) is 22.1 Å². The molecular weight excluding hydrogens is 356 g/mol. The molecule has 0 aliphatic carbocycles. The van der Waals surface area contributed by atoms with Gasteiger partial charge in [-0.3, -0.25) is 10.1 Å². The van der Waals surface area contributed by atoms with Crippen LogP contribution >= 0.6 is 0 Å². The lowest BCUT2D eigenvalue weighted by Gasteiger charge is -2.19. The van der Waals surface area contributed by atoms with E-state index in [1.165, 1.54) is 0 Å². The smallest absolute Gasteiger partial charge is 0.241 e. The molecule has 28 heavy (non-hydrogen) atoms. The average molecular weight is 378 g/mol. The molecule has 0 spiro atoms. The van der Waals surface area contributed by atoms with Crippen LogP contribution < -0.4 is 15.4 Å². The molecule has 2 heterocycles. The van der Waals surface area contributed by atoms with Crippen LogP contribution in [0.1, 0.15) is 25.6 Å². The molecular formula is C22H22N2O4. The second-order valence-electron chi connectivity index (χ2n) is 6.76. The number of carbonyl (C=O) groups is 1. The summed E-state index contributed by atoms with van der Waals surface area (Å²) in [6.45, 7) is 3.75. The number of ether oxygens (including phenoxy) is 1. The standard InChI is InChI=1S/C22H22N2O4/c1-13(18-9-6-10-27-18)23-14(2)22(25)24-17-12-20-16(11-21(17)26-3)15-7-4-5-8-19(15)28-20/h4-14,23H,1-3H3,(H,24,25)/t13-,14+/m1/s1. The Morgan fingerprint density at radius 2 is 1.86 bits per heavy atom. The van der Waals surface area contributed by atoms with Crippen LogP contribution in [0.25, 0.3) is 21.9 Å². The highest BCUT2D eigenvalue weighted by Crippen LogP contribution is 2.36. The fourth-order valence-corrected chi connectivity index (χ4v) is 3.33. The van der Waals surface area contributed by atoms with E-state index in [9.17, 15) is 4.79 Å². The Morgan fingerprint density at radius 1 is 1.04 bits per heavy atom. The van der Waals surface area contributed by atoms with Gasteiger partial charge in [-0.25, -0.2) is 0 Å². The fourth-order valence-electron chi connectivity index (χ4n) is 3.33. The molecule has 1 amide bonds. The second-order valence-corrected chi connectivity index (χ2v) is 6.76. The largest absolute Gasteiger partial charge is 0.495 e. The topological polar surface area (TPSA) is 76.6 Å². The number of benzene rings is 2. The number of amides is 1. The SMILES string of the molecule is COc1cc2c(cc1NC(=O)[C@H](C)N[C@H](C)c1ccco1)oc1ccccc12. The third kappa shape index (κ3) is 3.34. The minimum atomic E-state index is -0.434. The van der Waals surface area contributed by atoms with Crippen molar-refractivity contribution in [2.45, 2.75) is 25.9 Å². The molecule has 0 aliphatic heterocycles. The van der Waals surface area contributed by atoms with Crippen LogP contribution in [-0.4, -0.2) is 19.1 Å². The molecule has 6 nitrogen and oxygen atoms in total. The number of methoxy groups -OCH3 is 1. The predicted octanol–water partition coefficient (Wildman–Crippen LogP) is 4.87. The van der Waals surface area contributed by atoms with Gasteiger partial charge in [-0.15, -0.1) is 0 Å². The molecule has 4 rings (SSSR count). The molecule has 0 saturated carbocycles. The summed E-state index contributed by atoms with van der Waals surface area (Å²) >= 11 is 0. The zero-order valence-corrected chi connectivity index (χ0v) is 16.0. The first-order valence-electron chi connectivity index (χ1n) is 9.16. The molecule has 0 saturated heterocycles. The number of hydrogen-bond acceptors (Lipinski definition) is 5. The van der Waals surface area contributed by atoms with Crippen molar-refractivity contribution >= 4 is 33.5 Å². The van der Waals surface area contributed by atoms with Crippen molar-refractivity contribution in [3.63, 3.8) is 0 Å². The van der Waals surface area contributed by atoms with Gasteiger partial charge in [0, 0.05) is 16.8 Å². The highest BCUT2D eigenvalue weighted by Gasteiger charge is 2.20. The number of para-hydroxylation sites is 1. The molecule has 2 atom stereocenters. The molecule has 2 aromatic heterocycles. The predicted molar refractivity (Wildman–Crippen MR) is 109 cm³/mol. The average Bonchev–Trinajstić information content (AvgIpc) is 3.35. The first-order valence-corrected chi connectivity index (χ1v) is 9.16. The Hall–Kier alpha value is -3.25. The number of carbonyl (C=O) groups excluding carboxylic acids is 1. The number of furan rings is 2. The number of nitrogens with one attached hydrogen (secondary N) is 2. The minimum Gasteiger partial charge on any atom is -0.495 e. The molecule has 0 fully saturated rings. The van der Waals surface area contributed by atoms with E-state index < -0.39 is 6.04 Å². The van der Waals surface area contributed by atoms with Gasteiger partial charge in [0.2, 0.25) is 5.91 Å². The maximum atomic E-state index is 12.7. The van der Waals surface area contributed by atoms with Crippen molar-refractivity contribution in [2.24, 2.45) is 0 Å². The van der Waals surface area contributed by atoms with E-state index in [0.29, 0.717) is 17.0 Å². The molecule has 0 bridgehead atoms. The monoisotopic (exact) mass is 378 g/mol. The molecule has 2 aromatic carbocycles. The summed E-state index contributed by atoms with van der Waals surface area (Å²) in [5.41, 5.74) is 2.06. The maximum absolute atomic E-state index is 12.7. The first kappa shape index (κ1) is 18.1. The molecule has 0 aliphatic rings. The lowest BCUT2D eigenvalue weighted by atomic mass is 10.1. The van der Waals surface area contributed by atoms with Gasteiger partial charge in [0.05, 0.1) is 31.1 Å². The van der Waals surface area contributed by atoms with Crippen molar-refractivity contribution in [1.29, 1.82) is 0 Å². The van der Waals surface area contributed by atoms with E-state index in [-0.39, 0.29) is 11.9 Å².